The standard InChI is InChI=1S/C8H9NO3.C8H8O3/c1-5(9-12)7-3-2-6(10)4-8(7)11;1-5(9)7-3-2-6(10)4-8(7)11/h2-4,10-12H,1H3;2-4,10-11H,1H3. The highest BCUT2D eigenvalue weighted by molar-refractivity contribution is 6.00. The number of nitrogens with zero attached hydrogens (tertiary/aromatic N) is 1. The Morgan fingerprint density at radius 1 is 0.826 bits per heavy atom. The van der Waals surface area contributed by atoms with Crippen molar-refractivity contribution < 1.29 is 30.4 Å². The van der Waals surface area contributed by atoms with Crippen LogP contribution in [0.1, 0.15) is 29.8 Å². The van der Waals surface area contributed by atoms with Crippen LogP contribution in [0.25, 0.3) is 0 Å². The lowest BCUT2D eigenvalue weighted by molar-refractivity contribution is 0.101. The Bertz CT molecular complexity index is 739. The maximum absolute atomic E-state index is 10.7. The molecule has 5 N–H and O–H groups in total. The van der Waals surface area contributed by atoms with Crippen LogP contribution >= 0.6 is 0 Å². The number of hydrogen-bond acceptors (Lipinski definition) is 7. The van der Waals surface area contributed by atoms with Gasteiger partial charge in [0.05, 0.1) is 11.3 Å². The summed E-state index contributed by atoms with van der Waals surface area (Å²) in [5.41, 5.74) is 0.922. The Balaban J connectivity index is 0.000000231. The van der Waals surface area contributed by atoms with E-state index in [0.717, 1.165) is 6.07 Å². The molecular weight excluding hydrogens is 302 g/mol. The molecule has 7 heteroatoms. The molecule has 0 radical (unpaired) electrons. The van der Waals surface area contributed by atoms with Crippen LogP contribution in [0.4, 0.5) is 0 Å². The average molecular weight is 319 g/mol. The first-order valence-electron chi connectivity index (χ1n) is 6.50. The van der Waals surface area contributed by atoms with Crippen molar-refractivity contribution >= 4 is 11.5 Å². The van der Waals surface area contributed by atoms with Gasteiger partial charge in [-0.25, -0.2) is 0 Å². The predicted octanol–water partition coefficient (Wildman–Crippen LogP) is 2.60. The molecule has 23 heavy (non-hydrogen) atoms. The molecule has 0 atom stereocenters. The molecule has 0 spiro atoms. The molecule has 2 rings (SSSR count). The normalized spacial score (nSPS) is 10.6. The lowest BCUT2D eigenvalue weighted by Gasteiger charge is -2.01. The molecule has 0 bridgehead atoms. The fourth-order valence-corrected chi connectivity index (χ4v) is 1.70. The highest BCUT2D eigenvalue weighted by atomic mass is 16.4. The van der Waals surface area contributed by atoms with E-state index >= 15 is 0 Å². The molecule has 7 nitrogen and oxygen atoms in total. The van der Waals surface area contributed by atoms with Crippen molar-refractivity contribution in [1.29, 1.82) is 0 Å². The Morgan fingerprint density at radius 3 is 1.61 bits per heavy atom. The van der Waals surface area contributed by atoms with E-state index < -0.39 is 0 Å². The van der Waals surface area contributed by atoms with Gasteiger partial charge in [0.15, 0.2) is 5.78 Å². The Morgan fingerprint density at radius 2 is 1.26 bits per heavy atom. The van der Waals surface area contributed by atoms with Crippen LogP contribution in [0.15, 0.2) is 41.6 Å². The fraction of sp³-hybridized carbons (Fsp3) is 0.125. The summed E-state index contributed by atoms with van der Waals surface area (Å²) in [4.78, 5) is 10.7. The summed E-state index contributed by atoms with van der Waals surface area (Å²) in [6.45, 7) is 2.90. The van der Waals surface area contributed by atoms with Gasteiger partial charge in [0, 0.05) is 17.7 Å². The second kappa shape index (κ2) is 7.69. The maximum Gasteiger partial charge on any atom is 0.163 e. The van der Waals surface area contributed by atoms with Gasteiger partial charge < -0.3 is 25.6 Å². The summed E-state index contributed by atoms with van der Waals surface area (Å²) >= 11 is 0. The summed E-state index contributed by atoms with van der Waals surface area (Å²) in [5.74, 6) is -0.584. The van der Waals surface area contributed by atoms with Gasteiger partial charge in [-0.3, -0.25) is 4.79 Å². The zero-order valence-electron chi connectivity index (χ0n) is 12.6. The van der Waals surface area contributed by atoms with Crippen LogP contribution in [-0.4, -0.2) is 37.1 Å². The van der Waals surface area contributed by atoms with Crippen molar-refractivity contribution in [2.45, 2.75) is 13.8 Å². The Labute approximate surface area is 132 Å². The van der Waals surface area contributed by atoms with Crippen molar-refractivity contribution in [3.8, 4) is 23.0 Å². The molecule has 0 unspecified atom stereocenters. The minimum atomic E-state index is -0.220. The van der Waals surface area contributed by atoms with E-state index in [1.54, 1.807) is 6.92 Å². The zero-order chi connectivity index (χ0) is 17.6. The van der Waals surface area contributed by atoms with E-state index in [2.05, 4.69) is 5.16 Å². The van der Waals surface area contributed by atoms with Crippen LogP contribution in [0.5, 0.6) is 23.0 Å². The molecule has 2 aromatic carbocycles. The van der Waals surface area contributed by atoms with Crippen molar-refractivity contribution in [3.63, 3.8) is 0 Å². The molecule has 0 saturated carbocycles. The minimum absolute atomic E-state index is 0.0259. The molecule has 2 aromatic rings. The molecule has 0 fully saturated rings. The second-order valence-corrected chi connectivity index (χ2v) is 4.64. The third kappa shape index (κ3) is 4.92. The number of hydrogen-bond donors (Lipinski definition) is 5. The predicted molar refractivity (Wildman–Crippen MR) is 83.5 cm³/mol. The molecule has 0 heterocycles. The Hall–Kier alpha value is -3.22. The van der Waals surface area contributed by atoms with Gasteiger partial charge in [0.1, 0.15) is 23.0 Å². The summed E-state index contributed by atoms with van der Waals surface area (Å²) in [6.07, 6.45) is 0. The summed E-state index contributed by atoms with van der Waals surface area (Å²) in [7, 11) is 0. The molecule has 0 aromatic heterocycles. The SMILES string of the molecule is CC(=NO)c1ccc(O)cc1O.CC(=O)c1ccc(O)cc1O. The van der Waals surface area contributed by atoms with Crippen LogP contribution in [-0.2, 0) is 0 Å². The number of carbonyl (C=O) groups is 1. The van der Waals surface area contributed by atoms with Crippen molar-refractivity contribution in [3.05, 3.63) is 47.5 Å². The number of Topliss-reactive ketones (excluding diaryl/α,β-unsaturated/α-hetero) is 1. The topological polar surface area (TPSA) is 131 Å². The number of phenolic OH excluding ortho intramolecular Hbond substituents is 4. The van der Waals surface area contributed by atoms with Gasteiger partial charge in [-0.05, 0) is 38.1 Å². The van der Waals surface area contributed by atoms with Crippen LogP contribution in [0.2, 0.25) is 0 Å². The molecule has 122 valence electrons. The lowest BCUT2D eigenvalue weighted by Crippen LogP contribution is -1.94. The second-order valence-electron chi connectivity index (χ2n) is 4.64. The van der Waals surface area contributed by atoms with Gasteiger partial charge in [-0.2, -0.15) is 0 Å². The largest absolute Gasteiger partial charge is 0.508 e. The van der Waals surface area contributed by atoms with E-state index in [1.165, 1.54) is 37.3 Å². The van der Waals surface area contributed by atoms with E-state index in [-0.39, 0.29) is 34.3 Å². The maximum atomic E-state index is 10.7. The summed E-state index contributed by atoms with van der Waals surface area (Å²) in [6, 6.07) is 7.94. The average Bonchev–Trinajstić information content (AvgIpc) is 2.46. The number of ketones is 1. The Kier molecular flexibility index (Phi) is 5.96. The van der Waals surface area contributed by atoms with E-state index in [9.17, 15) is 9.90 Å². The van der Waals surface area contributed by atoms with Gasteiger partial charge in [0.2, 0.25) is 0 Å². The highest BCUT2D eigenvalue weighted by Gasteiger charge is 2.06. The molecule has 0 aliphatic carbocycles. The minimum Gasteiger partial charge on any atom is -0.508 e. The molecule has 0 aliphatic heterocycles. The van der Waals surface area contributed by atoms with E-state index in [1.807, 2.05) is 0 Å². The quantitative estimate of drug-likeness (QED) is 0.250. The fourth-order valence-electron chi connectivity index (χ4n) is 1.70. The van der Waals surface area contributed by atoms with Crippen LogP contribution in [0.3, 0.4) is 0 Å². The molecule has 0 saturated heterocycles. The van der Waals surface area contributed by atoms with Gasteiger partial charge in [-0.1, -0.05) is 5.16 Å². The first-order valence-corrected chi connectivity index (χ1v) is 6.50. The molecular formula is C16H17NO6. The van der Waals surface area contributed by atoms with Crippen LogP contribution < -0.4 is 0 Å². The third-order valence-electron chi connectivity index (χ3n) is 2.88. The molecule has 0 amide bonds. The summed E-state index contributed by atoms with van der Waals surface area (Å²) < 4.78 is 0. The first-order chi connectivity index (χ1) is 10.8. The smallest absolute Gasteiger partial charge is 0.163 e. The van der Waals surface area contributed by atoms with Crippen LogP contribution in [0, 0.1) is 0 Å². The lowest BCUT2D eigenvalue weighted by atomic mass is 10.1. The number of benzene rings is 2. The van der Waals surface area contributed by atoms with E-state index in [4.69, 9.17) is 20.5 Å². The van der Waals surface area contributed by atoms with E-state index in [0.29, 0.717) is 11.3 Å². The zero-order valence-corrected chi connectivity index (χ0v) is 12.6. The van der Waals surface area contributed by atoms with Gasteiger partial charge in [-0.15, -0.1) is 0 Å². The van der Waals surface area contributed by atoms with Gasteiger partial charge >= 0.3 is 0 Å². The van der Waals surface area contributed by atoms with Crippen molar-refractivity contribution in [1.82, 2.24) is 0 Å². The number of rotatable bonds is 2. The first kappa shape index (κ1) is 17.8. The number of oxime groups is 1. The number of aromatic hydroxyl groups is 4. The third-order valence-corrected chi connectivity index (χ3v) is 2.88. The van der Waals surface area contributed by atoms with Crippen molar-refractivity contribution in [2.24, 2.45) is 5.16 Å². The highest BCUT2D eigenvalue weighted by Crippen LogP contribution is 2.23. The number of carbonyl (C=O) groups excluding carboxylic acids is 1. The van der Waals surface area contributed by atoms with Gasteiger partial charge in [0.25, 0.3) is 0 Å². The number of phenols is 4. The molecule has 0 aliphatic rings. The van der Waals surface area contributed by atoms with Crippen molar-refractivity contribution in [2.75, 3.05) is 0 Å². The summed E-state index contributed by atoms with van der Waals surface area (Å²) in [5, 5.41) is 47.4. The monoisotopic (exact) mass is 319 g/mol.